The maximum absolute atomic E-state index is 12.9. The molecule has 0 aliphatic carbocycles. The Bertz CT molecular complexity index is 995. The average Bonchev–Trinajstić information content (AvgIpc) is 2.67. The minimum absolute atomic E-state index is 0.0184. The van der Waals surface area contributed by atoms with Gasteiger partial charge in [-0.25, -0.2) is 23.1 Å². The summed E-state index contributed by atoms with van der Waals surface area (Å²) in [7, 11) is -3.71. The van der Waals surface area contributed by atoms with E-state index in [1.807, 2.05) is 0 Å². The summed E-state index contributed by atoms with van der Waals surface area (Å²) in [6.07, 6.45) is 4.97. The van der Waals surface area contributed by atoms with Crippen LogP contribution in [0.4, 0.5) is 5.95 Å². The van der Waals surface area contributed by atoms with Crippen LogP contribution < -0.4 is 14.9 Å². The molecule has 9 heteroatoms. The number of nitrogens with zero attached hydrogens (tertiary/aromatic N) is 3. The first kappa shape index (κ1) is 22.2. The van der Waals surface area contributed by atoms with Gasteiger partial charge in [0.15, 0.2) is 0 Å². The van der Waals surface area contributed by atoms with Gasteiger partial charge in [-0.05, 0) is 64.3 Å². The predicted molar refractivity (Wildman–Crippen MR) is 116 cm³/mol. The molecule has 3 rings (SSSR count). The summed E-state index contributed by atoms with van der Waals surface area (Å²) in [4.78, 5) is 23.6. The molecular weight excluding hydrogens is 402 g/mol. The number of amides is 1. The number of nitrogens with one attached hydrogen (secondary N) is 2. The van der Waals surface area contributed by atoms with E-state index in [1.165, 1.54) is 12.1 Å². The van der Waals surface area contributed by atoms with E-state index < -0.39 is 15.6 Å². The van der Waals surface area contributed by atoms with Crippen molar-refractivity contribution in [3.8, 4) is 0 Å². The first-order valence-corrected chi connectivity index (χ1v) is 11.5. The fourth-order valence-electron chi connectivity index (χ4n) is 3.42. The number of carbonyl (C=O) groups excluding carboxylic acids is 1. The molecule has 0 unspecified atom stereocenters. The van der Waals surface area contributed by atoms with Gasteiger partial charge in [0.05, 0.1) is 4.90 Å². The SMILES string of the molecule is Cc1ccc(S(=O)(=O)NC(C)(C)C)cc1C(=O)NC1CCN(c2ncccn2)CC1. The third-order valence-corrected chi connectivity index (χ3v) is 6.63. The van der Waals surface area contributed by atoms with Crippen LogP contribution in [0.1, 0.15) is 49.5 Å². The van der Waals surface area contributed by atoms with Crippen molar-refractivity contribution in [2.75, 3.05) is 18.0 Å². The van der Waals surface area contributed by atoms with Gasteiger partial charge < -0.3 is 10.2 Å². The Kier molecular flexibility index (Phi) is 6.42. The van der Waals surface area contributed by atoms with Crippen molar-refractivity contribution in [3.05, 3.63) is 47.8 Å². The smallest absolute Gasteiger partial charge is 0.251 e. The van der Waals surface area contributed by atoms with Gasteiger partial charge >= 0.3 is 0 Å². The highest BCUT2D eigenvalue weighted by molar-refractivity contribution is 7.89. The number of piperidine rings is 1. The lowest BCUT2D eigenvalue weighted by atomic mass is 10.0. The Hall–Kier alpha value is -2.52. The summed E-state index contributed by atoms with van der Waals surface area (Å²) < 4.78 is 27.9. The molecule has 1 aliphatic heterocycles. The van der Waals surface area contributed by atoms with Gasteiger partial charge in [0.2, 0.25) is 16.0 Å². The highest BCUT2D eigenvalue weighted by Gasteiger charge is 2.26. The van der Waals surface area contributed by atoms with Crippen LogP contribution in [0.15, 0.2) is 41.6 Å². The van der Waals surface area contributed by atoms with E-state index >= 15 is 0 Å². The van der Waals surface area contributed by atoms with E-state index in [0.29, 0.717) is 11.5 Å². The largest absolute Gasteiger partial charge is 0.349 e. The predicted octanol–water partition coefficient (Wildman–Crippen LogP) is 2.26. The summed E-state index contributed by atoms with van der Waals surface area (Å²) in [6.45, 7) is 8.63. The molecule has 0 bridgehead atoms. The maximum Gasteiger partial charge on any atom is 0.251 e. The van der Waals surface area contributed by atoms with Crippen LogP contribution in [0.25, 0.3) is 0 Å². The van der Waals surface area contributed by atoms with Gasteiger partial charge in [0.25, 0.3) is 5.91 Å². The minimum atomic E-state index is -3.71. The lowest BCUT2D eigenvalue weighted by molar-refractivity contribution is 0.0930. The van der Waals surface area contributed by atoms with Crippen molar-refractivity contribution in [2.45, 2.75) is 57.0 Å². The Morgan fingerprint density at radius 1 is 1.13 bits per heavy atom. The normalized spacial score (nSPS) is 15.8. The highest BCUT2D eigenvalue weighted by atomic mass is 32.2. The molecular formula is C21H29N5O3S. The quantitative estimate of drug-likeness (QED) is 0.753. The molecule has 1 amide bonds. The molecule has 0 saturated carbocycles. The van der Waals surface area contributed by atoms with Crippen molar-refractivity contribution in [1.82, 2.24) is 20.0 Å². The fraction of sp³-hybridized carbons (Fsp3) is 0.476. The second-order valence-corrected chi connectivity index (χ2v) is 10.3. The summed E-state index contributed by atoms with van der Waals surface area (Å²) in [6, 6.07) is 6.44. The van der Waals surface area contributed by atoms with Gasteiger partial charge in [0.1, 0.15) is 0 Å². The molecule has 2 heterocycles. The molecule has 0 spiro atoms. The number of aromatic nitrogens is 2. The monoisotopic (exact) mass is 431 g/mol. The lowest BCUT2D eigenvalue weighted by Gasteiger charge is -2.32. The van der Waals surface area contributed by atoms with E-state index in [0.717, 1.165) is 31.5 Å². The molecule has 1 fully saturated rings. The number of hydrogen-bond donors (Lipinski definition) is 2. The zero-order valence-corrected chi connectivity index (χ0v) is 18.7. The Balaban J connectivity index is 1.67. The molecule has 1 aromatic carbocycles. The molecule has 8 nitrogen and oxygen atoms in total. The number of anilines is 1. The van der Waals surface area contributed by atoms with E-state index in [9.17, 15) is 13.2 Å². The van der Waals surface area contributed by atoms with E-state index in [1.54, 1.807) is 52.2 Å². The Labute approximate surface area is 178 Å². The first-order valence-electron chi connectivity index (χ1n) is 10.0. The van der Waals surface area contributed by atoms with E-state index in [2.05, 4.69) is 24.9 Å². The molecule has 162 valence electrons. The number of benzene rings is 1. The summed E-state index contributed by atoms with van der Waals surface area (Å²) in [5, 5.41) is 3.05. The number of hydrogen-bond acceptors (Lipinski definition) is 6. The molecule has 2 aromatic rings. The standard InChI is InChI=1S/C21H29N5O3S/c1-15-6-7-17(30(28,29)25-21(2,3)4)14-18(15)19(27)24-16-8-12-26(13-9-16)20-22-10-5-11-23-20/h5-7,10-11,14,16,25H,8-9,12-13H2,1-4H3,(H,24,27). The second-order valence-electron chi connectivity index (χ2n) is 8.62. The molecule has 30 heavy (non-hydrogen) atoms. The molecule has 1 aromatic heterocycles. The van der Waals surface area contributed by atoms with E-state index in [4.69, 9.17) is 0 Å². The van der Waals surface area contributed by atoms with Crippen molar-refractivity contribution in [1.29, 1.82) is 0 Å². The van der Waals surface area contributed by atoms with Gasteiger partial charge in [-0.3, -0.25) is 4.79 Å². The molecule has 0 atom stereocenters. The minimum Gasteiger partial charge on any atom is -0.349 e. The Morgan fingerprint density at radius 3 is 2.37 bits per heavy atom. The number of carbonyl (C=O) groups is 1. The van der Waals surface area contributed by atoms with Crippen LogP contribution in [0.3, 0.4) is 0 Å². The van der Waals surface area contributed by atoms with Gasteiger partial charge in [-0.1, -0.05) is 6.07 Å². The van der Waals surface area contributed by atoms with E-state index in [-0.39, 0.29) is 16.8 Å². The van der Waals surface area contributed by atoms with Crippen molar-refractivity contribution < 1.29 is 13.2 Å². The van der Waals surface area contributed by atoms with Crippen LogP contribution in [0.2, 0.25) is 0 Å². The second kappa shape index (κ2) is 8.69. The molecule has 1 saturated heterocycles. The summed E-state index contributed by atoms with van der Waals surface area (Å²) >= 11 is 0. The zero-order chi connectivity index (χ0) is 21.9. The fourth-order valence-corrected chi connectivity index (χ4v) is 4.86. The molecule has 1 aliphatic rings. The maximum atomic E-state index is 12.9. The van der Waals surface area contributed by atoms with Gasteiger partial charge in [-0.15, -0.1) is 0 Å². The number of rotatable bonds is 5. The third kappa shape index (κ3) is 5.54. The average molecular weight is 432 g/mol. The lowest BCUT2D eigenvalue weighted by Crippen LogP contribution is -2.45. The third-order valence-electron chi connectivity index (χ3n) is 4.87. The van der Waals surface area contributed by atoms with Crippen molar-refractivity contribution in [2.24, 2.45) is 0 Å². The Morgan fingerprint density at radius 2 is 1.77 bits per heavy atom. The summed E-state index contributed by atoms with van der Waals surface area (Å²) in [5.41, 5.74) is 0.501. The topological polar surface area (TPSA) is 104 Å². The van der Waals surface area contributed by atoms with Crippen molar-refractivity contribution in [3.63, 3.8) is 0 Å². The molecule has 2 N–H and O–H groups in total. The van der Waals surface area contributed by atoms with Crippen LogP contribution in [-0.4, -0.2) is 49.0 Å². The van der Waals surface area contributed by atoms with Gasteiger partial charge in [-0.2, -0.15) is 0 Å². The zero-order valence-electron chi connectivity index (χ0n) is 17.8. The highest BCUT2D eigenvalue weighted by Crippen LogP contribution is 2.20. The van der Waals surface area contributed by atoms with Crippen LogP contribution in [-0.2, 0) is 10.0 Å². The number of sulfonamides is 1. The first-order chi connectivity index (χ1) is 14.0. The summed E-state index contributed by atoms with van der Waals surface area (Å²) in [5.74, 6) is 0.442. The van der Waals surface area contributed by atoms with Crippen LogP contribution >= 0.6 is 0 Å². The van der Waals surface area contributed by atoms with Crippen LogP contribution in [0.5, 0.6) is 0 Å². The number of aryl methyl sites for hydroxylation is 1. The van der Waals surface area contributed by atoms with Crippen LogP contribution in [0, 0.1) is 6.92 Å². The molecule has 0 radical (unpaired) electrons. The van der Waals surface area contributed by atoms with Gasteiger partial charge in [0, 0.05) is 42.6 Å². The van der Waals surface area contributed by atoms with Crippen molar-refractivity contribution >= 4 is 21.9 Å².